The van der Waals surface area contributed by atoms with Gasteiger partial charge in [-0.2, -0.15) is 0 Å². The third-order valence-electron chi connectivity index (χ3n) is 5.41. The lowest BCUT2D eigenvalue weighted by molar-refractivity contribution is -0.139. The van der Waals surface area contributed by atoms with Crippen molar-refractivity contribution in [3.05, 3.63) is 62.6 Å². The number of carbonyl (C=O) groups excluding carboxylic acids is 2. The number of nitrogens with zero attached hydrogens (tertiary/aromatic N) is 2. The smallest absolute Gasteiger partial charge is 0.244 e. The molecule has 0 aromatic heterocycles. The number of rotatable bonds is 11. The van der Waals surface area contributed by atoms with E-state index in [9.17, 15) is 18.0 Å². The molecule has 192 valence electrons. The van der Waals surface area contributed by atoms with E-state index in [0.29, 0.717) is 6.54 Å². The van der Waals surface area contributed by atoms with Crippen LogP contribution in [0.2, 0.25) is 15.1 Å². The Labute approximate surface area is 222 Å². The van der Waals surface area contributed by atoms with Crippen molar-refractivity contribution >= 4 is 62.3 Å². The largest absolute Gasteiger partial charge is 0.354 e. The molecular weight excluding hydrogens is 533 g/mol. The van der Waals surface area contributed by atoms with Gasteiger partial charge in [0, 0.05) is 13.1 Å². The molecule has 0 heterocycles. The lowest BCUT2D eigenvalue weighted by atomic mass is 10.1. The van der Waals surface area contributed by atoms with Crippen molar-refractivity contribution in [2.24, 2.45) is 0 Å². The Hall–Kier alpha value is -2.00. The number of aryl methyl sites for hydroxylation is 1. The summed E-state index contributed by atoms with van der Waals surface area (Å²) in [5, 5.41) is 3.10. The number of sulfonamides is 1. The number of hydrogen-bond acceptors (Lipinski definition) is 4. The van der Waals surface area contributed by atoms with Crippen LogP contribution in [0.4, 0.5) is 5.69 Å². The lowest BCUT2D eigenvalue weighted by Gasteiger charge is -2.31. The third kappa shape index (κ3) is 8.27. The van der Waals surface area contributed by atoms with Crippen molar-refractivity contribution in [3.8, 4) is 0 Å². The molecule has 0 aliphatic heterocycles. The first-order valence-corrected chi connectivity index (χ1v) is 14.1. The maximum absolute atomic E-state index is 13.5. The highest BCUT2D eigenvalue weighted by atomic mass is 35.5. The number of halogens is 3. The van der Waals surface area contributed by atoms with Gasteiger partial charge >= 0.3 is 0 Å². The Morgan fingerprint density at radius 3 is 2.20 bits per heavy atom. The zero-order chi connectivity index (χ0) is 26.3. The van der Waals surface area contributed by atoms with Crippen LogP contribution in [0.25, 0.3) is 0 Å². The first-order chi connectivity index (χ1) is 16.3. The van der Waals surface area contributed by atoms with E-state index < -0.39 is 28.5 Å². The molecular formula is C24H30Cl3N3O4S. The van der Waals surface area contributed by atoms with Crippen LogP contribution in [0, 0.1) is 6.92 Å². The van der Waals surface area contributed by atoms with Crippen molar-refractivity contribution in [2.75, 3.05) is 23.7 Å². The molecule has 0 saturated carbocycles. The van der Waals surface area contributed by atoms with Gasteiger partial charge in [0.1, 0.15) is 12.6 Å². The molecule has 1 atom stereocenters. The first-order valence-electron chi connectivity index (χ1n) is 11.1. The summed E-state index contributed by atoms with van der Waals surface area (Å²) in [6.45, 7) is 5.60. The number of unbranched alkanes of at least 4 members (excludes halogenated alkanes) is 1. The quantitative estimate of drug-likeness (QED) is 0.307. The van der Waals surface area contributed by atoms with Gasteiger partial charge in [-0.25, -0.2) is 8.42 Å². The molecule has 2 aromatic rings. The monoisotopic (exact) mass is 561 g/mol. The maximum Gasteiger partial charge on any atom is 0.244 e. The van der Waals surface area contributed by atoms with Crippen LogP contribution < -0.4 is 9.62 Å². The number of hydrogen-bond donors (Lipinski definition) is 1. The van der Waals surface area contributed by atoms with Crippen LogP contribution in [-0.2, 0) is 26.2 Å². The standard InChI is InChI=1S/C24H30Cl3N3O4S/c1-5-6-11-28-24(32)17(3)29(14-18-9-7-16(2)8-10-18)23(31)15-30(35(4,33)34)22-13-20(26)19(25)12-21(22)27/h7-10,12-13,17H,5-6,11,14-15H2,1-4H3,(H,28,32)/t17-/m0/s1. The third-order valence-corrected chi connectivity index (χ3v) is 7.56. The SMILES string of the molecule is CCCCNC(=O)[C@H](C)N(Cc1ccc(C)cc1)C(=O)CN(c1cc(Cl)c(Cl)cc1Cl)S(C)(=O)=O. The minimum Gasteiger partial charge on any atom is -0.354 e. The summed E-state index contributed by atoms with van der Waals surface area (Å²) in [6.07, 6.45) is 2.68. The molecule has 0 unspecified atom stereocenters. The number of anilines is 1. The Morgan fingerprint density at radius 1 is 1.03 bits per heavy atom. The van der Waals surface area contributed by atoms with Gasteiger partial charge in [-0.3, -0.25) is 13.9 Å². The van der Waals surface area contributed by atoms with Crippen molar-refractivity contribution < 1.29 is 18.0 Å². The Morgan fingerprint density at radius 2 is 1.63 bits per heavy atom. The number of nitrogens with one attached hydrogen (secondary N) is 1. The van der Waals surface area contributed by atoms with E-state index in [0.717, 1.165) is 34.5 Å². The minimum absolute atomic E-state index is 0.0206. The van der Waals surface area contributed by atoms with Gasteiger partial charge in [-0.1, -0.05) is 78.0 Å². The summed E-state index contributed by atoms with van der Waals surface area (Å²) in [6, 6.07) is 9.31. The average Bonchev–Trinajstić information content (AvgIpc) is 2.78. The van der Waals surface area contributed by atoms with Crippen molar-refractivity contribution in [3.63, 3.8) is 0 Å². The number of benzene rings is 2. The van der Waals surface area contributed by atoms with Crippen LogP contribution in [0.3, 0.4) is 0 Å². The number of carbonyl (C=O) groups is 2. The van der Waals surface area contributed by atoms with Crippen LogP contribution in [0.5, 0.6) is 0 Å². The second-order valence-corrected chi connectivity index (χ2v) is 11.4. The van der Waals surface area contributed by atoms with E-state index in [2.05, 4.69) is 5.32 Å². The topological polar surface area (TPSA) is 86.8 Å². The molecule has 0 fully saturated rings. The second kappa shape index (κ2) is 12.8. The molecule has 0 spiro atoms. The average molecular weight is 563 g/mol. The van der Waals surface area contributed by atoms with E-state index in [-0.39, 0.29) is 33.2 Å². The fourth-order valence-corrected chi connectivity index (χ4v) is 4.85. The summed E-state index contributed by atoms with van der Waals surface area (Å²) in [7, 11) is -3.94. The fraction of sp³-hybridized carbons (Fsp3) is 0.417. The summed E-state index contributed by atoms with van der Waals surface area (Å²) >= 11 is 18.3. The van der Waals surface area contributed by atoms with Crippen LogP contribution in [0.15, 0.2) is 36.4 Å². The molecule has 0 radical (unpaired) electrons. The van der Waals surface area contributed by atoms with Crippen molar-refractivity contribution in [1.29, 1.82) is 0 Å². The number of amides is 2. The fourth-order valence-electron chi connectivity index (χ4n) is 3.31. The predicted molar refractivity (Wildman–Crippen MR) is 143 cm³/mol. The van der Waals surface area contributed by atoms with Gasteiger partial charge in [0.15, 0.2) is 0 Å². The van der Waals surface area contributed by atoms with Gasteiger partial charge in [0.05, 0.1) is 27.0 Å². The molecule has 2 aromatic carbocycles. The highest BCUT2D eigenvalue weighted by molar-refractivity contribution is 7.92. The van der Waals surface area contributed by atoms with Gasteiger partial charge in [0.25, 0.3) is 0 Å². The summed E-state index contributed by atoms with van der Waals surface area (Å²) < 4.78 is 26.2. The van der Waals surface area contributed by atoms with Gasteiger partial charge < -0.3 is 10.2 Å². The predicted octanol–water partition coefficient (Wildman–Crippen LogP) is 5.05. The van der Waals surface area contributed by atoms with E-state index in [1.54, 1.807) is 6.92 Å². The highest BCUT2D eigenvalue weighted by Crippen LogP contribution is 2.35. The van der Waals surface area contributed by atoms with Gasteiger partial charge in [-0.15, -0.1) is 0 Å². The van der Waals surface area contributed by atoms with E-state index >= 15 is 0 Å². The molecule has 1 N–H and O–H groups in total. The van der Waals surface area contributed by atoms with E-state index in [1.165, 1.54) is 17.0 Å². The Bertz CT molecular complexity index is 1160. The highest BCUT2D eigenvalue weighted by Gasteiger charge is 2.31. The molecule has 2 amide bonds. The summed E-state index contributed by atoms with van der Waals surface area (Å²) in [4.78, 5) is 27.7. The molecule has 0 saturated heterocycles. The van der Waals surface area contributed by atoms with Crippen LogP contribution in [0.1, 0.15) is 37.8 Å². The minimum atomic E-state index is -3.94. The molecule has 2 rings (SSSR count). The zero-order valence-corrected chi connectivity index (χ0v) is 23.2. The summed E-state index contributed by atoms with van der Waals surface area (Å²) in [5.74, 6) is -0.895. The summed E-state index contributed by atoms with van der Waals surface area (Å²) in [5.41, 5.74) is 1.87. The van der Waals surface area contributed by atoms with Gasteiger partial charge in [0.2, 0.25) is 21.8 Å². The van der Waals surface area contributed by atoms with Crippen molar-refractivity contribution in [1.82, 2.24) is 10.2 Å². The maximum atomic E-state index is 13.5. The normalized spacial score (nSPS) is 12.2. The molecule has 0 aliphatic rings. The molecule has 35 heavy (non-hydrogen) atoms. The van der Waals surface area contributed by atoms with E-state index in [1.807, 2.05) is 38.1 Å². The molecule has 0 aliphatic carbocycles. The molecule has 7 nitrogen and oxygen atoms in total. The van der Waals surface area contributed by atoms with Crippen LogP contribution >= 0.6 is 34.8 Å². The first kappa shape index (κ1) is 29.2. The lowest BCUT2D eigenvalue weighted by Crippen LogP contribution is -2.51. The van der Waals surface area contributed by atoms with E-state index in [4.69, 9.17) is 34.8 Å². The van der Waals surface area contributed by atoms with Crippen LogP contribution in [-0.4, -0.2) is 50.5 Å². The zero-order valence-electron chi connectivity index (χ0n) is 20.1. The van der Waals surface area contributed by atoms with Crippen molar-refractivity contribution in [2.45, 2.75) is 46.2 Å². The Kier molecular flexibility index (Phi) is 10.7. The Balaban J connectivity index is 2.41. The molecule has 11 heteroatoms. The second-order valence-electron chi connectivity index (χ2n) is 8.32. The van der Waals surface area contributed by atoms with Gasteiger partial charge in [-0.05, 0) is 38.0 Å². The molecule has 0 bridgehead atoms.